The predicted molar refractivity (Wildman–Crippen MR) is 225 cm³/mol. The zero-order chi connectivity index (χ0) is 42.7. The van der Waals surface area contributed by atoms with Crippen LogP contribution in [0.25, 0.3) is 0 Å². The number of imidazole rings is 1. The number of nitrogens with one attached hydrogen (secondary N) is 4. The summed E-state index contributed by atoms with van der Waals surface area (Å²) in [5, 5.41) is 11.1. The number of anilines is 4. The van der Waals surface area contributed by atoms with Crippen molar-refractivity contribution in [1.82, 2.24) is 28.9 Å². The van der Waals surface area contributed by atoms with Crippen LogP contribution in [0.5, 0.6) is 11.5 Å². The number of nitrogens with two attached hydrogens (primary N) is 1. The van der Waals surface area contributed by atoms with Gasteiger partial charge in [-0.05, 0) is 48.7 Å². The van der Waals surface area contributed by atoms with Gasteiger partial charge in [0.25, 0.3) is 23.6 Å². The number of benzene rings is 2. The van der Waals surface area contributed by atoms with Crippen molar-refractivity contribution in [3.05, 3.63) is 108 Å². The lowest BCUT2D eigenvalue weighted by Gasteiger charge is -2.20. The quantitative estimate of drug-likeness (QED) is 0.0608. The van der Waals surface area contributed by atoms with Crippen LogP contribution in [0, 0.1) is 0 Å². The number of hydrogen-bond donors (Lipinski definition) is 5. The highest BCUT2D eigenvalue weighted by Gasteiger charge is 2.34. The van der Waals surface area contributed by atoms with Crippen LogP contribution in [0.3, 0.4) is 0 Å². The average Bonchev–Trinajstić information content (AvgIpc) is 3.97. The number of ether oxygens (including phenoxy) is 2. The van der Waals surface area contributed by atoms with Crippen molar-refractivity contribution in [2.24, 2.45) is 26.1 Å². The predicted octanol–water partition coefficient (Wildman–Crippen LogP) is 4.41. The Kier molecular flexibility index (Phi) is 11.5. The fourth-order valence-electron chi connectivity index (χ4n) is 6.97. The summed E-state index contributed by atoms with van der Waals surface area (Å²) in [5.41, 5.74) is 10.5. The van der Waals surface area contributed by atoms with Crippen molar-refractivity contribution >= 4 is 64.3 Å². The molecular formula is C42H45N11O7. The highest BCUT2D eigenvalue weighted by molar-refractivity contribution is 6.07. The first kappa shape index (κ1) is 40.6. The summed E-state index contributed by atoms with van der Waals surface area (Å²) in [5.74, 6) is -0.831. The van der Waals surface area contributed by atoms with Crippen molar-refractivity contribution in [2.45, 2.75) is 31.8 Å². The number of nitrogens with zero attached hydrogens (tertiary/aromatic N) is 6. The summed E-state index contributed by atoms with van der Waals surface area (Å²) in [4.78, 5) is 76.0. The number of carbonyl (C=O) groups excluding carboxylic acids is 5. The number of fused-ring (bicyclic) bond motifs is 2. The Morgan fingerprint density at radius 2 is 1.55 bits per heavy atom. The SMILES string of the molecule is C=C1C[C@H]2C=Nc3cc(OCCCC(=O)Nc4cn(C)c(C(=O)Nc5cc(C(=O)Nc6cc(C(=O)NCc7ccc(N)cc7)n(C)c6)n(C)c5)n4)c(OC)cc3C(=O)N2C1. The smallest absolute Gasteiger partial charge is 0.291 e. The Balaban J connectivity index is 0.889. The van der Waals surface area contributed by atoms with Crippen LogP contribution >= 0.6 is 0 Å². The molecule has 2 aliphatic heterocycles. The van der Waals surface area contributed by atoms with Gasteiger partial charge in [0, 0.05) is 77.2 Å². The summed E-state index contributed by atoms with van der Waals surface area (Å²) in [6, 6.07) is 13.4. The van der Waals surface area contributed by atoms with Gasteiger partial charge < -0.3 is 55.1 Å². The molecule has 0 aliphatic carbocycles. The van der Waals surface area contributed by atoms with E-state index < -0.39 is 11.8 Å². The van der Waals surface area contributed by atoms with E-state index in [-0.39, 0.29) is 54.1 Å². The average molecular weight is 816 g/mol. The second-order valence-electron chi connectivity index (χ2n) is 14.6. The zero-order valence-electron chi connectivity index (χ0n) is 33.6. The van der Waals surface area contributed by atoms with Crippen molar-refractivity contribution in [3.63, 3.8) is 0 Å². The molecule has 0 spiro atoms. The minimum Gasteiger partial charge on any atom is -0.493 e. The lowest BCUT2D eigenvalue weighted by atomic mass is 10.1. The fraction of sp³-hybridized carbons (Fsp3) is 0.262. The van der Waals surface area contributed by atoms with Gasteiger partial charge in [-0.2, -0.15) is 0 Å². The Hall–Kier alpha value is -7.63. The van der Waals surface area contributed by atoms with Gasteiger partial charge in [0.1, 0.15) is 11.4 Å². The van der Waals surface area contributed by atoms with Gasteiger partial charge in [-0.3, -0.25) is 29.0 Å². The molecule has 5 heterocycles. The number of methoxy groups -OCH3 is 1. The molecule has 1 fully saturated rings. The van der Waals surface area contributed by atoms with Crippen molar-refractivity contribution in [1.29, 1.82) is 0 Å². The van der Waals surface area contributed by atoms with Gasteiger partial charge in [-0.25, -0.2) is 4.98 Å². The van der Waals surface area contributed by atoms with Crippen LogP contribution in [0.4, 0.5) is 28.6 Å². The maximum Gasteiger partial charge on any atom is 0.291 e. The van der Waals surface area contributed by atoms with Crippen LogP contribution in [-0.4, -0.2) is 85.6 Å². The number of amides is 5. The number of rotatable bonds is 14. The monoisotopic (exact) mass is 815 g/mol. The van der Waals surface area contributed by atoms with Crippen molar-refractivity contribution in [3.8, 4) is 11.5 Å². The molecule has 7 rings (SSSR count). The molecule has 0 radical (unpaired) electrons. The molecule has 0 bridgehead atoms. The third kappa shape index (κ3) is 8.91. The Morgan fingerprint density at radius 1 is 0.867 bits per heavy atom. The van der Waals surface area contributed by atoms with E-state index in [2.05, 4.69) is 37.8 Å². The van der Waals surface area contributed by atoms with E-state index in [0.29, 0.717) is 71.4 Å². The van der Waals surface area contributed by atoms with E-state index in [4.69, 9.17) is 15.2 Å². The first-order chi connectivity index (χ1) is 28.8. The highest BCUT2D eigenvalue weighted by atomic mass is 16.5. The number of hydrogen-bond acceptors (Lipinski definition) is 10. The molecule has 5 amide bonds. The number of aliphatic imine (C=N–C) groups is 1. The molecule has 18 heteroatoms. The van der Waals surface area contributed by atoms with Crippen molar-refractivity contribution < 1.29 is 33.4 Å². The van der Waals surface area contributed by atoms with Crippen LogP contribution in [0.2, 0.25) is 0 Å². The largest absolute Gasteiger partial charge is 0.493 e. The molecule has 2 aromatic carbocycles. The minimum atomic E-state index is -0.562. The molecule has 1 atom stereocenters. The van der Waals surface area contributed by atoms with E-state index in [0.717, 1.165) is 11.1 Å². The minimum absolute atomic E-state index is 0.0248. The normalized spacial score (nSPS) is 14.3. The van der Waals surface area contributed by atoms with E-state index in [1.165, 1.54) is 23.9 Å². The number of carbonyl (C=O) groups is 5. The lowest BCUT2D eigenvalue weighted by molar-refractivity contribution is -0.116. The standard InChI is InChI=1S/C42H45N11O7/c1-24-13-29-19-44-31-17-35(34(59-5)16-30(31)42(58)53(29)20-24)60-12-6-7-37(54)48-36-23-52(4)38(49-36)41(57)47-28-15-33(51(3)22-28)40(56)46-27-14-32(50(2)21-27)39(55)45-18-25-8-10-26(43)11-9-25/h8-11,14-17,19,21-23,29H,1,6-7,12-13,18,20,43H2,2-5H3,(H,45,55)(H,46,56)(H,47,57)(H,48,54)/t29-/m0/s1. The summed E-state index contributed by atoms with van der Waals surface area (Å²) in [6.45, 7) is 4.98. The third-order valence-corrected chi connectivity index (χ3v) is 10.0. The van der Waals surface area contributed by atoms with Gasteiger partial charge in [0.15, 0.2) is 17.3 Å². The first-order valence-electron chi connectivity index (χ1n) is 19.0. The van der Waals surface area contributed by atoms with Gasteiger partial charge in [0.2, 0.25) is 11.7 Å². The molecule has 60 heavy (non-hydrogen) atoms. The Morgan fingerprint density at radius 3 is 2.25 bits per heavy atom. The maximum atomic E-state index is 13.2. The molecule has 0 unspecified atom stereocenters. The summed E-state index contributed by atoms with van der Waals surface area (Å²) in [6.07, 6.45) is 7.60. The second-order valence-corrected chi connectivity index (χ2v) is 14.6. The lowest BCUT2D eigenvalue weighted by Crippen LogP contribution is -2.35. The van der Waals surface area contributed by atoms with Crippen LogP contribution < -0.4 is 36.5 Å². The molecule has 310 valence electrons. The van der Waals surface area contributed by atoms with Crippen LogP contribution in [-0.2, 0) is 32.5 Å². The summed E-state index contributed by atoms with van der Waals surface area (Å²) >= 11 is 0. The van der Waals surface area contributed by atoms with Gasteiger partial charge in [0.05, 0.1) is 42.4 Å². The number of aromatic nitrogens is 4. The second kappa shape index (κ2) is 17.1. The third-order valence-electron chi connectivity index (χ3n) is 10.0. The fourth-order valence-corrected chi connectivity index (χ4v) is 6.97. The molecule has 1 saturated heterocycles. The van der Waals surface area contributed by atoms with Gasteiger partial charge in [-0.15, -0.1) is 0 Å². The Bertz CT molecular complexity index is 2550. The highest BCUT2D eigenvalue weighted by Crippen LogP contribution is 2.38. The van der Waals surface area contributed by atoms with Gasteiger partial charge in [-0.1, -0.05) is 24.3 Å². The summed E-state index contributed by atoms with van der Waals surface area (Å²) in [7, 11) is 6.47. The molecule has 5 aromatic rings. The molecule has 0 saturated carbocycles. The Labute approximate surface area is 345 Å². The van der Waals surface area contributed by atoms with Crippen molar-refractivity contribution in [2.75, 3.05) is 41.9 Å². The molecule has 6 N–H and O–H groups in total. The number of nitrogen functional groups attached to an aromatic ring is 1. The first-order valence-corrected chi connectivity index (χ1v) is 19.0. The van der Waals surface area contributed by atoms with E-state index in [9.17, 15) is 24.0 Å². The van der Waals surface area contributed by atoms with E-state index in [1.54, 1.807) is 84.1 Å². The number of aryl methyl sites for hydroxylation is 3. The molecule has 3 aromatic heterocycles. The summed E-state index contributed by atoms with van der Waals surface area (Å²) < 4.78 is 16.1. The zero-order valence-corrected chi connectivity index (χ0v) is 33.6. The van der Waals surface area contributed by atoms with E-state index >= 15 is 0 Å². The molecule has 18 nitrogen and oxygen atoms in total. The maximum absolute atomic E-state index is 13.2. The van der Waals surface area contributed by atoms with Gasteiger partial charge >= 0.3 is 0 Å². The van der Waals surface area contributed by atoms with Crippen LogP contribution in [0.1, 0.15) is 66.8 Å². The molecular weight excluding hydrogens is 771 g/mol. The topological polar surface area (TPSA) is 221 Å². The van der Waals surface area contributed by atoms with Crippen LogP contribution in [0.15, 0.2) is 84.3 Å². The molecule has 2 aliphatic rings. The van der Waals surface area contributed by atoms with E-state index in [1.807, 2.05) is 12.1 Å².